The van der Waals surface area contributed by atoms with Crippen molar-refractivity contribution in [3.05, 3.63) is 45.9 Å². The molecular formula is C9H10ClNO. The molecule has 0 aliphatic rings. The van der Waals surface area contributed by atoms with Crippen LogP contribution in [0.1, 0.15) is 6.92 Å². The molecule has 0 fully saturated rings. The lowest BCUT2D eigenvalue weighted by atomic mass is 10.3. The van der Waals surface area contributed by atoms with Crippen LogP contribution in [0.25, 0.3) is 0 Å². The van der Waals surface area contributed by atoms with E-state index < -0.39 is 0 Å². The first-order chi connectivity index (χ1) is 5.74. The molecule has 1 aromatic rings. The number of rotatable bonds is 2. The maximum atomic E-state index is 11.2. The van der Waals surface area contributed by atoms with E-state index in [1.54, 1.807) is 16.8 Å². The summed E-state index contributed by atoms with van der Waals surface area (Å²) in [6.07, 6.45) is 1.74. The van der Waals surface area contributed by atoms with Gasteiger partial charge in [-0.1, -0.05) is 17.7 Å². The Balaban J connectivity index is 2.90. The van der Waals surface area contributed by atoms with Gasteiger partial charge in [-0.15, -0.1) is 0 Å². The van der Waals surface area contributed by atoms with E-state index in [2.05, 4.69) is 0 Å². The van der Waals surface area contributed by atoms with Crippen LogP contribution in [0, 0.1) is 0 Å². The first kappa shape index (κ1) is 9.07. The van der Waals surface area contributed by atoms with Crippen molar-refractivity contribution in [2.45, 2.75) is 13.5 Å². The van der Waals surface area contributed by atoms with Crippen molar-refractivity contribution in [3.8, 4) is 0 Å². The van der Waals surface area contributed by atoms with Crippen molar-refractivity contribution in [1.82, 2.24) is 4.57 Å². The number of nitrogens with zero attached hydrogens (tertiary/aromatic N) is 1. The van der Waals surface area contributed by atoms with Crippen molar-refractivity contribution in [2.24, 2.45) is 0 Å². The van der Waals surface area contributed by atoms with Crippen molar-refractivity contribution in [1.29, 1.82) is 0 Å². The molecule has 0 radical (unpaired) electrons. The molecule has 0 unspecified atom stereocenters. The van der Waals surface area contributed by atoms with Gasteiger partial charge in [-0.05, 0) is 18.6 Å². The molecular weight excluding hydrogens is 174 g/mol. The summed E-state index contributed by atoms with van der Waals surface area (Å²) in [6, 6.07) is 5.07. The second-order valence-electron chi connectivity index (χ2n) is 2.62. The monoisotopic (exact) mass is 183 g/mol. The normalized spacial score (nSPS) is 11.7. The van der Waals surface area contributed by atoms with E-state index in [1.807, 2.05) is 13.0 Å². The molecule has 0 aromatic carbocycles. The standard InChI is InChI=1S/C9H10ClNO/c1-8(6-10)7-11-5-3-2-4-9(11)12/h2-6H,7H2,1H3/b8-6-. The topological polar surface area (TPSA) is 22.0 Å². The Hall–Kier alpha value is -1.02. The summed E-state index contributed by atoms with van der Waals surface area (Å²) >= 11 is 5.48. The van der Waals surface area contributed by atoms with E-state index >= 15 is 0 Å². The lowest BCUT2D eigenvalue weighted by molar-refractivity contribution is 0.748. The molecule has 64 valence electrons. The Kier molecular flexibility index (Phi) is 3.11. The smallest absolute Gasteiger partial charge is 0.250 e. The molecule has 3 heteroatoms. The van der Waals surface area contributed by atoms with Gasteiger partial charge in [0.25, 0.3) is 5.56 Å². The number of pyridine rings is 1. The number of allylic oxidation sites excluding steroid dienone is 1. The predicted molar refractivity (Wildman–Crippen MR) is 50.3 cm³/mol. The van der Waals surface area contributed by atoms with Crippen LogP contribution in [0.3, 0.4) is 0 Å². The van der Waals surface area contributed by atoms with Gasteiger partial charge >= 0.3 is 0 Å². The second kappa shape index (κ2) is 4.12. The third kappa shape index (κ3) is 2.24. The predicted octanol–water partition coefficient (Wildman–Crippen LogP) is 1.99. The van der Waals surface area contributed by atoms with Gasteiger partial charge in [0.2, 0.25) is 0 Å². The molecule has 0 bridgehead atoms. The first-order valence-corrected chi connectivity index (χ1v) is 4.09. The molecule has 1 rings (SSSR count). The Morgan fingerprint density at radius 1 is 1.67 bits per heavy atom. The Morgan fingerprint density at radius 3 is 3.00 bits per heavy atom. The second-order valence-corrected chi connectivity index (χ2v) is 2.84. The fraction of sp³-hybridized carbons (Fsp3) is 0.222. The molecule has 0 saturated carbocycles. The molecule has 0 aliphatic carbocycles. The zero-order valence-electron chi connectivity index (χ0n) is 6.83. The van der Waals surface area contributed by atoms with Gasteiger partial charge in [0, 0.05) is 24.3 Å². The summed E-state index contributed by atoms with van der Waals surface area (Å²) in [7, 11) is 0. The molecule has 1 aromatic heterocycles. The van der Waals surface area contributed by atoms with Gasteiger partial charge in [-0.3, -0.25) is 4.79 Å². The van der Waals surface area contributed by atoms with Crippen LogP contribution in [0.5, 0.6) is 0 Å². The Labute approximate surface area is 76.1 Å². The quantitative estimate of drug-likeness (QED) is 0.688. The molecule has 0 N–H and O–H groups in total. The van der Waals surface area contributed by atoms with Crippen molar-refractivity contribution in [2.75, 3.05) is 0 Å². The van der Waals surface area contributed by atoms with Gasteiger partial charge < -0.3 is 4.57 Å². The van der Waals surface area contributed by atoms with Crippen LogP contribution in [-0.2, 0) is 6.54 Å². The maximum absolute atomic E-state index is 11.2. The van der Waals surface area contributed by atoms with Crippen LogP contribution in [0.15, 0.2) is 40.3 Å². The van der Waals surface area contributed by atoms with E-state index in [4.69, 9.17) is 11.6 Å². The summed E-state index contributed by atoms with van der Waals surface area (Å²) < 4.78 is 1.61. The summed E-state index contributed by atoms with van der Waals surface area (Å²) in [5.41, 5.74) is 2.44. The van der Waals surface area contributed by atoms with Crippen LogP contribution in [0.2, 0.25) is 0 Å². The van der Waals surface area contributed by atoms with Crippen LogP contribution < -0.4 is 5.56 Å². The number of hydrogen-bond donors (Lipinski definition) is 0. The molecule has 0 spiro atoms. The highest BCUT2D eigenvalue weighted by atomic mass is 35.5. The van der Waals surface area contributed by atoms with Gasteiger partial charge in [0.15, 0.2) is 0 Å². The first-order valence-electron chi connectivity index (χ1n) is 3.65. The van der Waals surface area contributed by atoms with Crippen LogP contribution >= 0.6 is 11.6 Å². The minimum atomic E-state index is -0.00429. The highest BCUT2D eigenvalue weighted by Crippen LogP contribution is 1.97. The van der Waals surface area contributed by atoms with E-state index in [9.17, 15) is 4.79 Å². The summed E-state index contributed by atoms with van der Waals surface area (Å²) in [4.78, 5) is 11.2. The van der Waals surface area contributed by atoms with E-state index in [0.29, 0.717) is 6.54 Å². The molecule has 0 aliphatic heterocycles. The highest BCUT2D eigenvalue weighted by molar-refractivity contribution is 6.25. The largest absolute Gasteiger partial charge is 0.311 e. The van der Waals surface area contributed by atoms with Gasteiger partial charge in [0.1, 0.15) is 0 Å². The van der Waals surface area contributed by atoms with Gasteiger partial charge in [-0.2, -0.15) is 0 Å². The zero-order chi connectivity index (χ0) is 8.97. The Morgan fingerprint density at radius 2 is 2.42 bits per heavy atom. The van der Waals surface area contributed by atoms with Gasteiger partial charge in [0.05, 0.1) is 0 Å². The van der Waals surface area contributed by atoms with E-state index in [-0.39, 0.29) is 5.56 Å². The lowest BCUT2D eigenvalue weighted by Gasteiger charge is -2.02. The average Bonchev–Trinajstić information content (AvgIpc) is 2.09. The SMILES string of the molecule is C/C(=C/Cl)Cn1ccccc1=O. The van der Waals surface area contributed by atoms with E-state index in [1.165, 1.54) is 11.6 Å². The van der Waals surface area contributed by atoms with Crippen molar-refractivity contribution in [3.63, 3.8) is 0 Å². The molecule has 1 heterocycles. The number of aromatic nitrogens is 1. The van der Waals surface area contributed by atoms with Crippen LogP contribution in [0.4, 0.5) is 0 Å². The Bertz CT molecular complexity index is 340. The van der Waals surface area contributed by atoms with Crippen molar-refractivity contribution >= 4 is 11.6 Å². The molecule has 0 amide bonds. The summed E-state index contributed by atoms with van der Waals surface area (Å²) in [5, 5.41) is 0. The van der Waals surface area contributed by atoms with E-state index in [0.717, 1.165) is 5.57 Å². The third-order valence-corrected chi connectivity index (χ3v) is 1.88. The highest BCUT2D eigenvalue weighted by Gasteiger charge is 1.93. The summed E-state index contributed by atoms with van der Waals surface area (Å²) in [5.74, 6) is 0. The molecule has 12 heavy (non-hydrogen) atoms. The fourth-order valence-corrected chi connectivity index (χ4v) is 0.963. The third-order valence-electron chi connectivity index (χ3n) is 1.51. The molecule has 0 atom stereocenters. The van der Waals surface area contributed by atoms with Gasteiger partial charge in [-0.25, -0.2) is 0 Å². The number of halogens is 1. The number of hydrogen-bond acceptors (Lipinski definition) is 1. The fourth-order valence-electron chi connectivity index (χ4n) is 0.894. The average molecular weight is 184 g/mol. The minimum Gasteiger partial charge on any atom is -0.311 e. The van der Waals surface area contributed by atoms with Crippen LogP contribution in [-0.4, -0.2) is 4.57 Å². The summed E-state index contributed by atoms with van der Waals surface area (Å²) in [6.45, 7) is 2.44. The zero-order valence-corrected chi connectivity index (χ0v) is 7.58. The molecule has 0 saturated heterocycles. The van der Waals surface area contributed by atoms with Crippen molar-refractivity contribution < 1.29 is 0 Å². The lowest BCUT2D eigenvalue weighted by Crippen LogP contribution is -2.17. The maximum Gasteiger partial charge on any atom is 0.250 e. The minimum absolute atomic E-state index is 0.00429. The molecule has 2 nitrogen and oxygen atoms in total.